The molecule has 0 aromatic carbocycles. The minimum Gasteiger partial charge on any atom is -0.386 e. The van der Waals surface area contributed by atoms with Crippen molar-refractivity contribution in [2.45, 2.75) is 32.3 Å². The third-order valence-corrected chi connectivity index (χ3v) is 4.39. The lowest BCUT2D eigenvalue weighted by molar-refractivity contribution is -0.195. The third kappa shape index (κ3) is 0.808. The molecule has 6 heteroatoms. The van der Waals surface area contributed by atoms with E-state index in [0.29, 0.717) is 13.0 Å². The van der Waals surface area contributed by atoms with Gasteiger partial charge >= 0.3 is 0 Å². The highest BCUT2D eigenvalue weighted by Gasteiger charge is 2.93. The van der Waals surface area contributed by atoms with E-state index in [0.717, 1.165) is 0 Å². The zero-order chi connectivity index (χ0) is 13.2. The summed E-state index contributed by atoms with van der Waals surface area (Å²) in [5.41, 5.74) is 3.78. The average molecular weight is 246 g/mol. The van der Waals surface area contributed by atoms with Crippen molar-refractivity contribution in [3.05, 3.63) is 0 Å². The number of fused-ring (bicyclic) bond motifs is 2. The van der Waals surface area contributed by atoms with Crippen LogP contribution in [-0.2, 0) is 9.47 Å². The van der Waals surface area contributed by atoms with Gasteiger partial charge in [-0.1, -0.05) is 6.92 Å². The summed E-state index contributed by atoms with van der Waals surface area (Å²) in [5.74, 6) is -1.38. The highest BCUT2D eigenvalue weighted by molar-refractivity contribution is 5.98. The highest BCUT2D eigenvalue weighted by Crippen LogP contribution is 2.79. The second-order valence-corrected chi connectivity index (χ2v) is 5.12. The summed E-state index contributed by atoms with van der Waals surface area (Å²) in [6.07, 6.45) is 0.513. The van der Waals surface area contributed by atoms with Gasteiger partial charge in [0.25, 0.3) is 5.91 Å². The third-order valence-electron chi connectivity index (χ3n) is 4.39. The number of nitrogens with zero attached hydrogens (tertiary/aromatic N) is 3. The zero-order valence-corrected chi connectivity index (χ0v) is 10.3. The molecule has 0 bridgehead atoms. The molecule has 0 aromatic rings. The van der Waals surface area contributed by atoms with Gasteiger partial charge in [0.15, 0.2) is 5.41 Å². The lowest BCUT2D eigenvalue weighted by Gasteiger charge is -2.26. The summed E-state index contributed by atoms with van der Waals surface area (Å²) in [6.45, 7) is 4.14. The molecule has 6 nitrogen and oxygen atoms in total. The second kappa shape index (κ2) is 3.03. The SMILES string of the molecule is CC[C@@H]1[C@@]2(C#N)[C@@]3(N=C(N)[C@@]12C#N)OC[C@H](C)O3. The molecule has 2 heterocycles. The molecule has 0 amide bonds. The Balaban J connectivity index is 2.17. The number of rotatable bonds is 1. The van der Waals surface area contributed by atoms with Crippen molar-refractivity contribution in [2.75, 3.05) is 6.61 Å². The number of hydrogen-bond donors (Lipinski definition) is 1. The maximum atomic E-state index is 9.60. The lowest BCUT2D eigenvalue weighted by Crippen LogP contribution is -2.39. The van der Waals surface area contributed by atoms with Crippen LogP contribution in [0.4, 0.5) is 0 Å². The minimum atomic E-state index is -1.37. The Morgan fingerprint density at radius 3 is 2.61 bits per heavy atom. The fourth-order valence-corrected chi connectivity index (χ4v) is 3.65. The summed E-state index contributed by atoms with van der Waals surface area (Å²) >= 11 is 0. The van der Waals surface area contributed by atoms with Crippen LogP contribution in [0.1, 0.15) is 20.3 Å². The van der Waals surface area contributed by atoms with E-state index < -0.39 is 16.7 Å². The van der Waals surface area contributed by atoms with E-state index in [1.165, 1.54) is 0 Å². The first kappa shape index (κ1) is 11.5. The highest BCUT2D eigenvalue weighted by atomic mass is 16.8. The number of amidine groups is 1. The predicted octanol–water partition coefficient (Wildman–Crippen LogP) is 0.506. The van der Waals surface area contributed by atoms with Gasteiger partial charge in [-0.2, -0.15) is 10.5 Å². The molecule has 3 rings (SSSR count). The summed E-state index contributed by atoms with van der Waals surface area (Å²) in [6, 6.07) is 4.41. The van der Waals surface area contributed by atoms with Gasteiger partial charge in [0, 0.05) is 5.92 Å². The molecule has 0 aromatic heterocycles. The fraction of sp³-hybridized carbons (Fsp3) is 0.750. The van der Waals surface area contributed by atoms with E-state index in [1.807, 2.05) is 13.8 Å². The standard InChI is InChI=1S/C12H14N4O2/c1-3-8-10(5-13)9(15)16-12(11(8,10)6-14)17-4-7(2)18-12/h7-8H,3-4H2,1-2H3,(H2,15,16)/t7-,8-,10+,11+,12+/m0/s1. The predicted molar refractivity (Wildman–Crippen MR) is 60.7 cm³/mol. The maximum Gasteiger partial charge on any atom is 0.293 e. The van der Waals surface area contributed by atoms with Crippen molar-refractivity contribution in [1.82, 2.24) is 0 Å². The van der Waals surface area contributed by atoms with Crippen molar-refractivity contribution in [2.24, 2.45) is 27.5 Å². The first-order chi connectivity index (χ1) is 8.54. The smallest absolute Gasteiger partial charge is 0.293 e. The van der Waals surface area contributed by atoms with Gasteiger partial charge in [0.1, 0.15) is 11.3 Å². The van der Waals surface area contributed by atoms with Crippen LogP contribution in [0.15, 0.2) is 4.99 Å². The first-order valence-electron chi connectivity index (χ1n) is 6.04. The zero-order valence-electron chi connectivity index (χ0n) is 10.3. The van der Waals surface area contributed by atoms with Crippen LogP contribution in [0.3, 0.4) is 0 Å². The van der Waals surface area contributed by atoms with E-state index in [1.54, 1.807) is 0 Å². The number of aliphatic imine (C=N–C) groups is 1. The first-order valence-corrected chi connectivity index (χ1v) is 6.04. The molecule has 2 fully saturated rings. The summed E-state index contributed by atoms with van der Waals surface area (Å²) < 4.78 is 11.4. The normalized spacial score (nSPS) is 52.6. The van der Waals surface area contributed by atoms with Crippen molar-refractivity contribution in [1.29, 1.82) is 10.5 Å². The molecule has 1 aliphatic carbocycles. The van der Waals surface area contributed by atoms with Gasteiger partial charge in [0.2, 0.25) is 0 Å². The molecule has 2 N–H and O–H groups in total. The number of ether oxygens (including phenoxy) is 2. The average Bonchev–Trinajstić information content (AvgIpc) is 2.73. The van der Waals surface area contributed by atoms with Crippen LogP contribution in [0.2, 0.25) is 0 Å². The van der Waals surface area contributed by atoms with Gasteiger partial charge in [0.05, 0.1) is 24.8 Å². The molecule has 2 aliphatic heterocycles. The van der Waals surface area contributed by atoms with Crippen LogP contribution in [0.25, 0.3) is 0 Å². The van der Waals surface area contributed by atoms with Gasteiger partial charge in [-0.15, -0.1) is 0 Å². The van der Waals surface area contributed by atoms with E-state index in [4.69, 9.17) is 15.2 Å². The Bertz CT molecular complexity index is 533. The molecule has 0 radical (unpaired) electrons. The van der Waals surface area contributed by atoms with Crippen molar-refractivity contribution >= 4 is 5.84 Å². The molecule has 1 saturated carbocycles. The van der Waals surface area contributed by atoms with Crippen LogP contribution in [0, 0.1) is 39.4 Å². The maximum absolute atomic E-state index is 9.60. The summed E-state index contributed by atoms with van der Waals surface area (Å²) in [4.78, 5) is 4.19. The van der Waals surface area contributed by atoms with E-state index in [-0.39, 0.29) is 17.9 Å². The van der Waals surface area contributed by atoms with Gasteiger partial charge in [-0.25, -0.2) is 4.99 Å². The van der Waals surface area contributed by atoms with Crippen LogP contribution >= 0.6 is 0 Å². The van der Waals surface area contributed by atoms with Gasteiger partial charge < -0.3 is 15.2 Å². The van der Waals surface area contributed by atoms with Gasteiger partial charge in [-0.05, 0) is 13.3 Å². The molecule has 94 valence electrons. The Labute approximate surface area is 105 Å². The van der Waals surface area contributed by atoms with E-state index in [2.05, 4.69) is 17.1 Å². The quantitative estimate of drug-likeness (QED) is 0.725. The topological polar surface area (TPSA) is 104 Å². The minimum absolute atomic E-state index is 0.153. The monoisotopic (exact) mass is 246 g/mol. The Kier molecular flexibility index (Phi) is 1.93. The van der Waals surface area contributed by atoms with Crippen molar-refractivity contribution in [3.8, 4) is 12.1 Å². The Morgan fingerprint density at radius 2 is 2.22 bits per heavy atom. The van der Waals surface area contributed by atoms with Crippen molar-refractivity contribution < 1.29 is 9.47 Å². The molecule has 5 atom stereocenters. The van der Waals surface area contributed by atoms with E-state index >= 15 is 0 Å². The molecule has 1 spiro atoms. The second-order valence-electron chi connectivity index (χ2n) is 5.12. The summed E-state index contributed by atoms with van der Waals surface area (Å²) in [7, 11) is 0. The molecule has 0 unspecified atom stereocenters. The molecular formula is C12H14N4O2. The van der Waals surface area contributed by atoms with Crippen LogP contribution in [-0.4, -0.2) is 24.5 Å². The van der Waals surface area contributed by atoms with E-state index in [9.17, 15) is 10.5 Å². The Morgan fingerprint density at radius 1 is 1.50 bits per heavy atom. The van der Waals surface area contributed by atoms with Gasteiger partial charge in [-0.3, -0.25) is 0 Å². The molecule has 18 heavy (non-hydrogen) atoms. The van der Waals surface area contributed by atoms with Crippen molar-refractivity contribution in [3.63, 3.8) is 0 Å². The molecular weight excluding hydrogens is 232 g/mol. The van der Waals surface area contributed by atoms with Crippen LogP contribution in [0.5, 0.6) is 0 Å². The largest absolute Gasteiger partial charge is 0.386 e. The number of nitriles is 2. The molecule has 1 saturated heterocycles. The Hall–Kier alpha value is -1.63. The number of hydrogen-bond acceptors (Lipinski definition) is 6. The van der Waals surface area contributed by atoms with Crippen LogP contribution < -0.4 is 5.73 Å². The lowest BCUT2D eigenvalue weighted by atomic mass is 9.94. The fourth-order valence-electron chi connectivity index (χ4n) is 3.65. The number of nitrogens with two attached hydrogens (primary N) is 1. The molecule has 3 aliphatic rings. The summed E-state index contributed by atoms with van der Waals surface area (Å²) in [5, 5.41) is 19.1.